The normalized spacial score (nSPS) is 30.1. The lowest BCUT2D eigenvalue weighted by Crippen LogP contribution is -2.52. The van der Waals surface area contributed by atoms with Gasteiger partial charge in [0.05, 0.1) is 20.8 Å². The lowest BCUT2D eigenvalue weighted by molar-refractivity contribution is -0.143. The van der Waals surface area contributed by atoms with Crippen molar-refractivity contribution in [2.45, 2.75) is 36.4 Å². The van der Waals surface area contributed by atoms with E-state index < -0.39 is 23.5 Å². The van der Waals surface area contributed by atoms with Gasteiger partial charge in [0.25, 0.3) is 0 Å². The smallest absolute Gasteiger partial charge is 0.354 e. The summed E-state index contributed by atoms with van der Waals surface area (Å²) in [5, 5.41) is 8.98. The highest BCUT2D eigenvalue weighted by Gasteiger charge is 2.70. The highest BCUT2D eigenvalue weighted by Crippen LogP contribution is 2.66. The van der Waals surface area contributed by atoms with E-state index in [0.29, 0.717) is 6.54 Å². The summed E-state index contributed by atoms with van der Waals surface area (Å²) in [6, 6.07) is 17.1. The highest BCUT2D eigenvalue weighted by molar-refractivity contribution is 6.41. The molecule has 0 radical (unpaired) electrons. The molecule has 5 rings (SSSR count). The van der Waals surface area contributed by atoms with Crippen LogP contribution in [0.15, 0.2) is 69.8 Å². The number of esters is 2. The molecule has 1 aliphatic heterocycles. The van der Waals surface area contributed by atoms with Crippen LogP contribution in [-0.4, -0.2) is 43.5 Å². The molecule has 0 spiro atoms. The van der Waals surface area contributed by atoms with Crippen LogP contribution in [-0.2, 0) is 25.6 Å². The van der Waals surface area contributed by atoms with Crippen LogP contribution < -0.4 is 0 Å². The van der Waals surface area contributed by atoms with Crippen LogP contribution >= 0.6 is 0 Å². The summed E-state index contributed by atoms with van der Waals surface area (Å²) in [5.41, 5.74) is 2.52. The van der Waals surface area contributed by atoms with Gasteiger partial charge in [-0.15, -0.1) is 0 Å². The van der Waals surface area contributed by atoms with Crippen LogP contribution in [0.5, 0.6) is 0 Å². The summed E-state index contributed by atoms with van der Waals surface area (Å²) in [7, 11) is 2.70. The number of aliphatic imine (C=N–C) groups is 1. The monoisotopic (exact) mass is 417 g/mol. The molecule has 1 saturated carbocycles. The van der Waals surface area contributed by atoms with Gasteiger partial charge in [0.2, 0.25) is 0 Å². The van der Waals surface area contributed by atoms with Crippen molar-refractivity contribution < 1.29 is 19.1 Å². The molecule has 0 aromatic heterocycles. The average molecular weight is 417 g/mol. The van der Waals surface area contributed by atoms with Crippen molar-refractivity contribution in [3.8, 4) is 0 Å². The minimum atomic E-state index is -1.03. The summed E-state index contributed by atoms with van der Waals surface area (Å²) in [5.74, 6) is -1.34. The van der Waals surface area contributed by atoms with E-state index in [1.54, 1.807) is 0 Å². The average Bonchev–Trinajstić information content (AvgIpc) is 3.48. The predicted octanol–water partition coefficient (Wildman–Crippen LogP) is 3.45. The molecule has 7 nitrogen and oxygen atoms in total. The molecule has 0 saturated heterocycles. The molecule has 31 heavy (non-hydrogen) atoms. The fourth-order valence-electron chi connectivity index (χ4n) is 5.69. The minimum Gasteiger partial charge on any atom is -0.467 e. The quantitative estimate of drug-likeness (QED) is 0.550. The van der Waals surface area contributed by atoms with Gasteiger partial charge < -0.3 is 9.47 Å². The fourth-order valence-corrected chi connectivity index (χ4v) is 5.69. The van der Waals surface area contributed by atoms with E-state index >= 15 is 0 Å². The Morgan fingerprint density at radius 3 is 2.45 bits per heavy atom. The summed E-state index contributed by atoms with van der Waals surface area (Å²) in [4.78, 5) is 30.3. The number of ether oxygens (including phenoxy) is 2. The van der Waals surface area contributed by atoms with Gasteiger partial charge in [0.15, 0.2) is 11.8 Å². The van der Waals surface area contributed by atoms with E-state index in [1.165, 1.54) is 19.8 Å². The SMILES string of the molecule is COC(=O)C(=NCc1ccccc1)[C@@]12N=N[C@H](C(=O)OC)[C@@H]1[C@@H]1C[C@H]2c2ccccc21. The summed E-state index contributed by atoms with van der Waals surface area (Å²) in [6.45, 7) is 0.317. The number of azo groups is 1. The van der Waals surface area contributed by atoms with E-state index in [-0.39, 0.29) is 23.5 Å². The van der Waals surface area contributed by atoms with Crippen molar-refractivity contribution >= 4 is 17.7 Å². The first-order chi connectivity index (χ1) is 15.1. The third-order valence-corrected chi connectivity index (χ3v) is 6.88. The Hall–Kier alpha value is -3.35. The molecule has 0 unspecified atom stereocenters. The number of hydrogen-bond donors (Lipinski definition) is 0. The number of hydrogen-bond acceptors (Lipinski definition) is 7. The molecule has 158 valence electrons. The van der Waals surface area contributed by atoms with Crippen LogP contribution in [0.2, 0.25) is 0 Å². The molecule has 3 aliphatic rings. The van der Waals surface area contributed by atoms with Crippen molar-refractivity contribution in [2.75, 3.05) is 14.2 Å². The molecule has 2 aliphatic carbocycles. The second-order valence-electron chi connectivity index (χ2n) is 8.20. The van der Waals surface area contributed by atoms with Crippen LogP contribution in [0.1, 0.15) is 34.9 Å². The van der Waals surface area contributed by atoms with Crippen molar-refractivity contribution in [3.63, 3.8) is 0 Å². The van der Waals surface area contributed by atoms with Gasteiger partial charge in [-0.05, 0) is 29.0 Å². The van der Waals surface area contributed by atoms with Crippen LogP contribution in [0.4, 0.5) is 0 Å². The molecular formula is C24H23N3O4. The van der Waals surface area contributed by atoms with E-state index in [0.717, 1.165) is 17.5 Å². The zero-order valence-corrected chi connectivity index (χ0v) is 17.4. The van der Waals surface area contributed by atoms with Gasteiger partial charge in [-0.1, -0.05) is 54.6 Å². The molecule has 1 fully saturated rings. The Morgan fingerprint density at radius 2 is 1.74 bits per heavy atom. The van der Waals surface area contributed by atoms with E-state index in [1.807, 2.05) is 42.5 Å². The van der Waals surface area contributed by atoms with Crippen molar-refractivity contribution in [3.05, 3.63) is 71.3 Å². The Morgan fingerprint density at radius 1 is 1.03 bits per heavy atom. The Bertz CT molecular complexity index is 1100. The van der Waals surface area contributed by atoms with Gasteiger partial charge in [0.1, 0.15) is 5.54 Å². The minimum absolute atomic E-state index is 0.0480. The molecule has 1 heterocycles. The number of carbonyl (C=O) groups is 2. The van der Waals surface area contributed by atoms with Crippen LogP contribution in [0.3, 0.4) is 0 Å². The standard InChI is InChI=1S/C24H23N3O4/c1-30-22(28)20-19-17-12-18(16-11-7-6-10-15(16)17)24(19,27-26-20)21(23(29)31-2)25-13-14-8-4-3-5-9-14/h3-11,17-20H,12-13H2,1-2H3/t17-,18+,19+,20+,24+/m1/s1. The molecule has 2 bridgehead atoms. The lowest BCUT2D eigenvalue weighted by atomic mass is 9.66. The molecule has 2 aromatic rings. The van der Waals surface area contributed by atoms with Crippen LogP contribution in [0.25, 0.3) is 0 Å². The topological polar surface area (TPSA) is 89.7 Å². The first-order valence-corrected chi connectivity index (χ1v) is 10.4. The number of rotatable bonds is 5. The third-order valence-electron chi connectivity index (χ3n) is 6.88. The van der Waals surface area contributed by atoms with Crippen molar-refractivity contribution in [1.82, 2.24) is 0 Å². The fraction of sp³-hybridized carbons (Fsp3) is 0.375. The number of benzene rings is 2. The number of methoxy groups -OCH3 is 2. The van der Waals surface area contributed by atoms with Gasteiger partial charge in [-0.2, -0.15) is 10.2 Å². The van der Waals surface area contributed by atoms with Gasteiger partial charge in [-0.25, -0.2) is 9.59 Å². The third kappa shape index (κ3) is 2.76. The molecule has 7 heteroatoms. The number of nitrogens with zero attached hydrogens (tertiary/aromatic N) is 3. The Balaban J connectivity index is 1.65. The van der Waals surface area contributed by atoms with Gasteiger partial charge in [-0.3, -0.25) is 4.99 Å². The predicted molar refractivity (Wildman–Crippen MR) is 113 cm³/mol. The number of fused-ring (bicyclic) bond motifs is 8. The van der Waals surface area contributed by atoms with E-state index in [9.17, 15) is 9.59 Å². The zero-order chi connectivity index (χ0) is 21.6. The van der Waals surface area contributed by atoms with E-state index in [2.05, 4.69) is 22.4 Å². The number of carbonyl (C=O) groups excluding carboxylic acids is 2. The Kier molecular flexibility index (Phi) is 4.68. The second kappa shape index (κ2) is 7.41. The first kappa shape index (κ1) is 19.6. The maximum Gasteiger partial charge on any atom is 0.354 e. The van der Waals surface area contributed by atoms with Gasteiger partial charge in [0, 0.05) is 11.8 Å². The first-order valence-electron chi connectivity index (χ1n) is 10.4. The van der Waals surface area contributed by atoms with E-state index in [4.69, 9.17) is 14.5 Å². The zero-order valence-electron chi connectivity index (χ0n) is 17.4. The summed E-state index contributed by atoms with van der Waals surface area (Å²) in [6.07, 6.45) is 0.790. The van der Waals surface area contributed by atoms with Crippen molar-refractivity contribution in [1.29, 1.82) is 0 Å². The Labute approximate surface area is 180 Å². The van der Waals surface area contributed by atoms with Crippen molar-refractivity contribution in [2.24, 2.45) is 21.1 Å². The summed E-state index contributed by atoms with van der Waals surface area (Å²) >= 11 is 0. The molecule has 2 aromatic carbocycles. The summed E-state index contributed by atoms with van der Waals surface area (Å²) < 4.78 is 10.2. The highest BCUT2D eigenvalue weighted by atomic mass is 16.5. The molecule has 0 N–H and O–H groups in total. The largest absolute Gasteiger partial charge is 0.467 e. The molecule has 0 amide bonds. The van der Waals surface area contributed by atoms with Crippen LogP contribution in [0, 0.1) is 5.92 Å². The second-order valence-corrected chi connectivity index (χ2v) is 8.20. The maximum atomic E-state index is 13.0. The molecule has 5 atom stereocenters. The lowest BCUT2D eigenvalue weighted by Gasteiger charge is -2.37. The maximum absolute atomic E-state index is 13.0. The van der Waals surface area contributed by atoms with Gasteiger partial charge >= 0.3 is 11.9 Å². The molecular weight excluding hydrogens is 394 g/mol.